The molecule has 1 amide bonds. The van der Waals surface area contributed by atoms with Crippen LogP contribution in [-0.4, -0.2) is 27.0 Å². The Morgan fingerprint density at radius 1 is 1.30 bits per heavy atom. The van der Waals surface area contributed by atoms with E-state index in [9.17, 15) is 4.79 Å². The molecule has 0 unspecified atom stereocenters. The Balaban J connectivity index is 1.57. The summed E-state index contributed by atoms with van der Waals surface area (Å²) in [4.78, 5) is 24.0. The van der Waals surface area contributed by atoms with Crippen LogP contribution < -0.4 is 4.90 Å². The number of carbonyl (C=O) groups excluding carboxylic acids is 1. The third kappa shape index (κ3) is 4.17. The van der Waals surface area contributed by atoms with E-state index < -0.39 is 0 Å². The Bertz CT molecular complexity index is 902. The van der Waals surface area contributed by atoms with Gasteiger partial charge in [-0.05, 0) is 31.4 Å². The molecule has 1 saturated carbocycles. The first kappa shape index (κ1) is 18.4. The number of aromatic nitrogens is 3. The summed E-state index contributed by atoms with van der Waals surface area (Å²) in [6, 6.07) is 5.79. The number of para-hydroxylation sites is 1. The maximum Gasteiger partial charge on any atom is 0.231 e. The fourth-order valence-electron chi connectivity index (χ4n) is 3.72. The lowest BCUT2D eigenvalue weighted by atomic mass is 9.88. The molecule has 0 saturated heterocycles. The van der Waals surface area contributed by atoms with Gasteiger partial charge >= 0.3 is 0 Å². The van der Waals surface area contributed by atoms with Crippen molar-refractivity contribution in [2.45, 2.75) is 45.1 Å². The molecule has 0 spiro atoms. The van der Waals surface area contributed by atoms with Crippen molar-refractivity contribution in [1.82, 2.24) is 14.5 Å². The molecule has 0 radical (unpaired) electrons. The predicted molar refractivity (Wildman–Crippen MR) is 110 cm³/mol. The highest BCUT2D eigenvalue weighted by atomic mass is 35.5. The largest absolute Gasteiger partial charge is 0.337 e. The number of anilines is 1. The standard InChI is InChI=1S/C20H23ClN4OS/c21-16-8-4-9-17-18(16)23-20(27-17)25(12-5-11-24-13-10-22-14-24)19(26)15-6-2-1-3-7-15/h4,8-10,13-15H,1-3,5-7,11-12H2. The summed E-state index contributed by atoms with van der Waals surface area (Å²) in [5, 5.41) is 1.40. The molecule has 1 fully saturated rings. The summed E-state index contributed by atoms with van der Waals surface area (Å²) in [5.74, 6) is 0.338. The fourth-order valence-corrected chi connectivity index (χ4v) is 5.02. The Labute approximate surface area is 168 Å². The van der Waals surface area contributed by atoms with Crippen LogP contribution in [0.2, 0.25) is 5.02 Å². The number of benzene rings is 1. The van der Waals surface area contributed by atoms with Crippen LogP contribution in [0.25, 0.3) is 10.2 Å². The van der Waals surface area contributed by atoms with Gasteiger partial charge in [0.2, 0.25) is 5.91 Å². The van der Waals surface area contributed by atoms with Crippen molar-refractivity contribution >= 4 is 44.2 Å². The molecule has 0 bridgehead atoms. The third-order valence-electron chi connectivity index (χ3n) is 5.17. The molecule has 2 heterocycles. The van der Waals surface area contributed by atoms with Gasteiger partial charge in [-0.3, -0.25) is 9.69 Å². The van der Waals surface area contributed by atoms with E-state index in [0.29, 0.717) is 11.6 Å². The average Bonchev–Trinajstić information content (AvgIpc) is 3.36. The number of rotatable bonds is 6. The zero-order valence-corrected chi connectivity index (χ0v) is 16.8. The van der Waals surface area contributed by atoms with Gasteiger partial charge in [0.15, 0.2) is 5.13 Å². The Morgan fingerprint density at radius 2 is 2.15 bits per heavy atom. The van der Waals surface area contributed by atoms with E-state index in [-0.39, 0.29) is 11.8 Å². The van der Waals surface area contributed by atoms with Crippen LogP contribution in [0.3, 0.4) is 0 Å². The molecule has 27 heavy (non-hydrogen) atoms. The van der Waals surface area contributed by atoms with Gasteiger partial charge in [0.1, 0.15) is 5.52 Å². The molecular formula is C20H23ClN4OS. The number of halogens is 1. The molecule has 5 nitrogen and oxygen atoms in total. The number of aryl methyl sites for hydroxylation is 1. The summed E-state index contributed by atoms with van der Waals surface area (Å²) >= 11 is 7.86. The Hall–Kier alpha value is -1.92. The summed E-state index contributed by atoms with van der Waals surface area (Å²) in [7, 11) is 0. The first-order valence-corrected chi connectivity index (χ1v) is 10.7. The molecule has 1 aromatic carbocycles. The van der Waals surface area contributed by atoms with E-state index >= 15 is 0 Å². The summed E-state index contributed by atoms with van der Waals surface area (Å²) < 4.78 is 3.06. The van der Waals surface area contributed by atoms with Gasteiger partial charge in [-0.1, -0.05) is 48.3 Å². The van der Waals surface area contributed by atoms with Crippen LogP contribution in [0.1, 0.15) is 38.5 Å². The quantitative estimate of drug-likeness (QED) is 0.572. The highest BCUT2D eigenvalue weighted by molar-refractivity contribution is 7.22. The van der Waals surface area contributed by atoms with Crippen molar-refractivity contribution in [2.75, 3.05) is 11.4 Å². The molecule has 3 aromatic rings. The third-order valence-corrected chi connectivity index (χ3v) is 6.52. The van der Waals surface area contributed by atoms with Gasteiger partial charge in [0.05, 0.1) is 16.0 Å². The zero-order chi connectivity index (χ0) is 18.6. The topological polar surface area (TPSA) is 51.0 Å². The van der Waals surface area contributed by atoms with Crippen molar-refractivity contribution in [1.29, 1.82) is 0 Å². The minimum absolute atomic E-state index is 0.120. The number of nitrogens with zero attached hydrogens (tertiary/aromatic N) is 4. The highest BCUT2D eigenvalue weighted by Gasteiger charge is 2.28. The van der Waals surface area contributed by atoms with E-state index in [2.05, 4.69) is 4.98 Å². The maximum absolute atomic E-state index is 13.3. The minimum Gasteiger partial charge on any atom is -0.337 e. The zero-order valence-electron chi connectivity index (χ0n) is 15.2. The van der Waals surface area contributed by atoms with Crippen LogP contribution in [0, 0.1) is 5.92 Å². The van der Waals surface area contributed by atoms with Gasteiger partial charge in [0, 0.05) is 31.4 Å². The fraction of sp³-hybridized carbons (Fsp3) is 0.450. The molecule has 0 aliphatic heterocycles. The van der Waals surface area contributed by atoms with Crippen molar-refractivity contribution in [3.63, 3.8) is 0 Å². The van der Waals surface area contributed by atoms with E-state index in [1.54, 1.807) is 17.5 Å². The Kier molecular flexibility index (Phi) is 5.74. The number of hydrogen-bond donors (Lipinski definition) is 0. The number of imidazole rings is 1. The number of carbonyl (C=O) groups is 1. The smallest absolute Gasteiger partial charge is 0.231 e. The first-order chi connectivity index (χ1) is 13.2. The molecule has 7 heteroatoms. The summed E-state index contributed by atoms with van der Waals surface area (Å²) in [6.07, 6.45) is 11.9. The second-order valence-corrected chi connectivity index (χ2v) is 8.48. The van der Waals surface area contributed by atoms with Gasteiger partial charge < -0.3 is 4.57 Å². The molecular weight excluding hydrogens is 380 g/mol. The van der Waals surface area contributed by atoms with Crippen LogP contribution in [0.5, 0.6) is 0 Å². The summed E-state index contributed by atoms with van der Waals surface area (Å²) in [5.41, 5.74) is 0.787. The number of thiazole rings is 1. The molecule has 1 aliphatic carbocycles. The highest BCUT2D eigenvalue weighted by Crippen LogP contribution is 2.35. The molecule has 0 atom stereocenters. The summed E-state index contributed by atoms with van der Waals surface area (Å²) in [6.45, 7) is 1.49. The van der Waals surface area contributed by atoms with E-state index in [0.717, 1.165) is 54.0 Å². The second kappa shape index (κ2) is 8.40. The lowest BCUT2D eigenvalue weighted by molar-refractivity contribution is -0.123. The molecule has 2 aromatic heterocycles. The van der Waals surface area contributed by atoms with Crippen molar-refractivity contribution < 1.29 is 4.79 Å². The average molecular weight is 403 g/mol. The lowest BCUT2D eigenvalue weighted by Crippen LogP contribution is -2.38. The van der Waals surface area contributed by atoms with E-state index in [1.807, 2.05) is 40.2 Å². The number of amides is 1. The van der Waals surface area contributed by atoms with Crippen LogP contribution in [0.4, 0.5) is 5.13 Å². The SMILES string of the molecule is O=C(C1CCCCC1)N(CCCn1ccnc1)c1nc2c(Cl)cccc2s1. The Morgan fingerprint density at radius 3 is 2.89 bits per heavy atom. The monoisotopic (exact) mass is 402 g/mol. The molecule has 4 rings (SSSR count). The lowest BCUT2D eigenvalue weighted by Gasteiger charge is -2.27. The predicted octanol–water partition coefficient (Wildman–Crippen LogP) is 5.15. The number of fused-ring (bicyclic) bond motifs is 1. The molecule has 142 valence electrons. The second-order valence-electron chi connectivity index (χ2n) is 7.06. The van der Waals surface area contributed by atoms with Gasteiger partial charge in [0.25, 0.3) is 0 Å². The van der Waals surface area contributed by atoms with E-state index in [4.69, 9.17) is 16.6 Å². The van der Waals surface area contributed by atoms with Crippen molar-refractivity contribution in [3.8, 4) is 0 Å². The number of hydrogen-bond acceptors (Lipinski definition) is 4. The molecule has 1 aliphatic rings. The van der Waals surface area contributed by atoms with Crippen LogP contribution in [-0.2, 0) is 11.3 Å². The van der Waals surface area contributed by atoms with Crippen molar-refractivity contribution in [2.24, 2.45) is 5.92 Å². The van der Waals surface area contributed by atoms with Gasteiger partial charge in [-0.25, -0.2) is 9.97 Å². The minimum atomic E-state index is 0.120. The normalized spacial score (nSPS) is 15.3. The first-order valence-electron chi connectivity index (χ1n) is 9.54. The maximum atomic E-state index is 13.3. The van der Waals surface area contributed by atoms with Crippen molar-refractivity contribution in [3.05, 3.63) is 41.9 Å². The van der Waals surface area contributed by atoms with Crippen LogP contribution in [0.15, 0.2) is 36.9 Å². The van der Waals surface area contributed by atoms with E-state index in [1.165, 1.54) is 6.42 Å². The van der Waals surface area contributed by atoms with Crippen LogP contribution >= 0.6 is 22.9 Å². The van der Waals surface area contributed by atoms with Gasteiger partial charge in [-0.15, -0.1) is 0 Å². The van der Waals surface area contributed by atoms with Gasteiger partial charge in [-0.2, -0.15) is 0 Å². The molecule has 0 N–H and O–H groups in total.